The Labute approximate surface area is 129 Å². The highest BCUT2D eigenvalue weighted by atomic mass is 79.9. The molecule has 0 bridgehead atoms. The Morgan fingerprint density at radius 3 is 2.33 bits per heavy atom. The molecule has 0 saturated carbocycles. The highest BCUT2D eigenvalue weighted by molar-refractivity contribution is 9.10. The van der Waals surface area contributed by atoms with Gasteiger partial charge in [0.05, 0.1) is 14.9 Å². The largest absolute Gasteiger partial charge is 0.454 e. The van der Waals surface area contributed by atoms with Crippen molar-refractivity contribution >= 4 is 25.8 Å². The molecule has 0 atom stereocenters. The zero-order valence-corrected chi connectivity index (χ0v) is 13.2. The van der Waals surface area contributed by atoms with E-state index in [1.165, 1.54) is 36.4 Å². The molecular formula is C14H9BrFNO3S. The summed E-state index contributed by atoms with van der Waals surface area (Å²) in [5, 5.41) is 8.79. The maximum absolute atomic E-state index is 14.0. The molecule has 21 heavy (non-hydrogen) atoms. The number of nitrogens with zero attached hydrogens (tertiary/aromatic N) is 1. The summed E-state index contributed by atoms with van der Waals surface area (Å²) >= 11 is 2.99. The lowest BCUT2D eigenvalue weighted by atomic mass is 10.2. The van der Waals surface area contributed by atoms with Crippen molar-refractivity contribution in [3.8, 4) is 17.6 Å². The Morgan fingerprint density at radius 2 is 1.81 bits per heavy atom. The molecule has 0 spiro atoms. The van der Waals surface area contributed by atoms with Crippen LogP contribution in [-0.4, -0.2) is 14.7 Å². The van der Waals surface area contributed by atoms with Crippen LogP contribution in [0.4, 0.5) is 4.39 Å². The number of rotatable bonds is 3. The first kappa shape index (κ1) is 15.5. The maximum Gasteiger partial charge on any atom is 0.181 e. The molecule has 0 aromatic heterocycles. The van der Waals surface area contributed by atoms with E-state index < -0.39 is 15.7 Å². The summed E-state index contributed by atoms with van der Waals surface area (Å²) in [5.74, 6) is -0.466. The Balaban J connectivity index is 2.31. The fourth-order valence-electron chi connectivity index (χ4n) is 1.58. The summed E-state index contributed by atoms with van der Waals surface area (Å²) in [7, 11) is -3.29. The van der Waals surface area contributed by atoms with Gasteiger partial charge in [0.2, 0.25) is 0 Å². The van der Waals surface area contributed by atoms with E-state index in [-0.39, 0.29) is 26.4 Å². The lowest BCUT2D eigenvalue weighted by Gasteiger charge is -2.09. The maximum atomic E-state index is 14.0. The second-order valence-electron chi connectivity index (χ2n) is 4.20. The smallest absolute Gasteiger partial charge is 0.181 e. The van der Waals surface area contributed by atoms with Gasteiger partial charge in [0.25, 0.3) is 0 Å². The first-order valence-electron chi connectivity index (χ1n) is 5.69. The Bertz CT molecular complexity index is 827. The molecule has 2 aromatic carbocycles. The van der Waals surface area contributed by atoms with Crippen LogP contribution in [-0.2, 0) is 9.84 Å². The van der Waals surface area contributed by atoms with Crippen molar-refractivity contribution in [1.82, 2.24) is 0 Å². The van der Waals surface area contributed by atoms with E-state index in [9.17, 15) is 12.8 Å². The molecule has 0 aliphatic carbocycles. The highest BCUT2D eigenvalue weighted by Gasteiger charge is 2.13. The number of halogens is 2. The molecule has 0 fully saturated rings. The zero-order valence-electron chi connectivity index (χ0n) is 10.8. The topological polar surface area (TPSA) is 67.2 Å². The molecule has 0 saturated heterocycles. The van der Waals surface area contributed by atoms with E-state index in [4.69, 9.17) is 10.00 Å². The fourth-order valence-corrected chi connectivity index (χ4v) is 2.63. The van der Waals surface area contributed by atoms with Crippen LogP contribution in [0, 0.1) is 17.1 Å². The van der Waals surface area contributed by atoms with Crippen molar-refractivity contribution in [2.75, 3.05) is 6.26 Å². The minimum absolute atomic E-state index is 0.0234. The van der Waals surface area contributed by atoms with Gasteiger partial charge in [-0.2, -0.15) is 5.26 Å². The molecule has 0 radical (unpaired) electrons. The van der Waals surface area contributed by atoms with Gasteiger partial charge in [-0.3, -0.25) is 0 Å². The van der Waals surface area contributed by atoms with E-state index in [2.05, 4.69) is 15.9 Å². The average Bonchev–Trinajstić information content (AvgIpc) is 2.44. The van der Waals surface area contributed by atoms with Gasteiger partial charge >= 0.3 is 0 Å². The SMILES string of the molecule is CS(=O)(=O)c1ccc(Oc2ccc(C#N)c(Br)c2F)cc1. The summed E-state index contributed by atoms with van der Waals surface area (Å²) in [6.07, 6.45) is 1.10. The van der Waals surface area contributed by atoms with Crippen LogP contribution in [0.3, 0.4) is 0 Å². The van der Waals surface area contributed by atoms with Crippen molar-refractivity contribution < 1.29 is 17.5 Å². The van der Waals surface area contributed by atoms with Gasteiger partial charge < -0.3 is 4.74 Å². The first-order chi connectivity index (χ1) is 9.82. The van der Waals surface area contributed by atoms with Crippen molar-refractivity contribution in [3.05, 3.63) is 52.3 Å². The van der Waals surface area contributed by atoms with Gasteiger partial charge in [-0.05, 0) is 52.3 Å². The molecule has 0 amide bonds. The van der Waals surface area contributed by atoms with Crippen LogP contribution in [0.5, 0.6) is 11.5 Å². The highest BCUT2D eigenvalue weighted by Crippen LogP contribution is 2.31. The van der Waals surface area contributed by atoms with Crippen LogP contribution < -0.4 is 4.74 Å². The van der Waals surface area contributed by atoms with Crippen LogP contribution in [0.1, 0.15) is 5.56 Å². The van der Waals surface area contributed by atoms with Gasteiger partial charge in [-0.25, -0.2) is 12.8 Å². The Hall–Kier alpha value is -1.91. The number of hydrogen-bond donors (Lipinski definition) is 0. The lowest BCUT2D eigenvalue weighted by molar-refractivity contribution is 0.440. The molecular weight excluding hydrogens is 361 g/mol. The van der Waals surface area contributed by atoms with Crippen LogP contribution >= 0.6 is 15.9 Å². The van der Waals surface area contributed by atoms with Gasteiger partial charge in [0, 0.05) is 6.26 Å². The summed E-state index contributed by atoms with van der Waals surface area (Å²) in [5.41, 5.74) is 0.160. The molecule has 0 aliphatic rings. The van der Waals surface area contributed by atoms with Crippen LogP contribution in [0.25, 0.3) is 0 Å². The molecule has 108 valence electrons. The Kier molecular flexibility index (Phi) is 4.30. The normalized spacial score (nSPS) is 11.0. The van der Waals surface area contributed by atoms with Gasteiger partial charge in [0.15, 0.2) is 21.4 Å². The van der Waals surface area contributed by atoms with Crippen molar-refractivity contribution in [2.24, 2.45) is 0 Å². The van der Waals surface area contributed by atoms with Gasteiger partial charge in [0.1, 0.15) is 11.8 Å². The molecule has 0 unspecified atom stereocenters. The quantitative estimate of drug-likeness (QED) is 0.827. The standard InChI is InChI=1S/C14H9BrFNO3S/c1-21(18,19)11-5-3-10(4-6-11)20-12-7-2-9(8-17)13(15)14(12)16/h2-7H,1H3. The Morgan fingerprint density at radius 1 is 1.19 bits per heavy atom. The summed E-state index contributed by atoms with van der Waals surface area (Å²) in [6.45, 7) is 0. The molecule has 2 rings (SSSR count). The molecule has 0 aliphatic heterocycles. The monoisotopic (exact) mass is 369 g/mol. The summed E-state index contributed by atoms with van der Waals surface area (Å²) < 4.78 is 42.0. The van der Waals surface area contributed by atoms with Gasteiger partial charge in [-0.15, -0.1) is 0 Å². The third-order valence-corrected chi connectivity index (χ3v) is 4.55. The lowest BCUT2D eigenvalue weighted by Crippen LogP contribution is -1.97. The second kappa shape index (κ2) is 5.84. The molecule has 4 nitrogen and oxygen atoms in total. The van der Waals surface area contributed by atoms with E-state index in [0.717, 1.165) is 6.26 Å². The third kappa shape index (κ3) is 3.40. The summed E-state index contributed by atoms with van der Waals surface area (Å²) in [4.78, 5) is 0.149. The van der Waals surface area contributed by atoms with Crippen molar-refractivity contribution in [2.45, 2.75) is 4.90 Å². The van der Waals surface area contributed by atoms with E-state index in [1.807, 2.05) is 6.07 Å². The molecule has 2 aromatic rings. The number of hydrogen-bond acceptors (Lipinski definition) is 4. The number of benzene rings is 2. The number of sulfone groups is 1. The molecule has 0 heterocycles. The third-order valence-electron chi connectivity index (χ3n) is 2.65. The van der Waals surface area contributed by atoms with Crippen molar-refractivity contribution in [3.63, 3.8) is 0 Å². The van der Waals surface area contributed by atoms with E-state index in [0.29, 0.717) is 0 Å². The second-order valence-corrected chi connectivity index (χ2v) is 7.01. The van der Waals surface area contributed by atoms with Crippen molar-refractivity contribution in [1.29, 1.82) is 5.26 Å². The minimum atomic E-state index is -3.29. The predicted molar refractivity (Wildman–Crippen MR) is 78.4 cm³/mol. The fraction of sp³-hybridized carbons (Fsp3) is 0.0714. The minimum Gasteiger partial charge on any atom is -0.454 e. The first-order valence-corrected chi connectivity index (χ1v) is 8.37. The van der Waals surface area contributed by atoms with E-state index in [1.54, 1.807) is 0 Å². The average molecular weight is 370 g/mol. The zero-order chi connectivity index (χ0) is 15.6. The predicted octanol–water partition coefficient (Wildman–Crippen LogP) is 3.66. The number of ether oxygens (including phenoxy) is 1. The molecule has 7 heteroatoms. The number of nitriles is 1. The van der Waals surface area contributed by atoms with Crippen LogP contribution in [0.15, 0.2) is 45.8 Å². The molecule has 0 N–H and O–H groups in total. The van der Waals surface area contributed by atoms with E-state index >= 15 is 0 Å². The van der Waals surface area contributed by atoms with Gasteiger partial charge in [-0.1, -0.05) is 0 Å². The summed E-state index contributed by atoms with van der Waals surface area (Å²) in [6, 6.07) is 10.2. The van der Waals surface area contributed by atoms with Crippen LogP contribution in [0.2, 0.25) is 0 Å².